The minimum absolute atomic E-state index is 0.00402. The summed E-state index contributed by atoms with van der Waals surface area (Å²) in [6.07, 6.45) is 0. The van der Waals surface area contributed by atoms with E-state index in [-0.39, 0.29) is 18.4 Å². The second kappa shape index (κ2) is 6.06. The van der Waals surface area contributed by atoms with Crippen LogP contribution in [0.3, 0.4) is 0 Å². The monoisotopic (exact) mass is 282 g/mol. The van der Waals surface area contributed by atoms with Crippen molar-refractivity contribution in [2.75, 3.05) is 11.9 Å². The zero-order valence-electron chi connectivity index (χ0n) is 11.7. The molecule has 0 fully saturated rings. The lowest BCUT2D eigenvalue weighted by Crippen LogP contribution is -2.48. The molecule has 0 bridgehead atoms. The van der Waals surface area contributed by atoms with Crippen LogP contribution >= 0.6 is 11.6 Å². The maximum atomic E-state index is 12.0. The van der Waals surface area contributed by atoms with Crippen molar-refractivity contribution in [2.45, 2.75) is 33.2 Å². The largest absolute Gasteiger partial charge is 0.329 e. The molecule has 0 spiro atoms. The summed E-state index contributed by atoms with van der Waals surface area (Å²) in [6, 6.07) is 6.99. The Hall–Kier alpha value is -1.55. The van der Waals surface area contributed by atoms with Crippen molar-refractivity contribution in [3.63, 3.8) is 0 Å². The Labute approximate surface area is 118 Å². The van der Waals surface area contributed by atoms with Gasteiger partial charge < -0.3 is 10.2 Å². The molecule has 1 aromatic carbocycles. The molecule has 0 saturated carbocycles. The molecule has 0 aliphatic carbocycles. The Bertz CT molecular complexity index is 481. The van der Waals surface area contributed by atoms with Gasteiger partial charge >= 0.3 is 0 Å². The minimum atomic E-state index is -0.399. The van der Waals surface area contributed by atoms with Gasteiger partial charge in [-0.3, -0.25) is 9.59 Å². The van der Waals surface area contributed by atoms with Crippen LogP contribution in [-0.2, 0) is 9.59 Å². The van der Waals surface area contributed by atoms with E-state index < -0.39 is 5.54 Å². The Morgan fingerprint density at radius 2 is 1.84 bits per heavy atom. The Balaban J connectivity index is 2.75. The first-order valence-corrected chi connectivity index (χ1v) is 6.42. The number of anilines is 1. The lowest BCUT2D eigenvalue weighted by molar-refractivity contribution is -0.137. The quantitative estimate of drug-likeness (QED) is 0.927. The van der Waals surface area contributed by atoms with Crippen LogP contribution in [0.4, 0.5) is 5.69 Å². The van der Waals surface area contributed by atoms with Gasteiger partial charge in [-0.1, -0.05) is 23.7 Å². The Kier molecular flexibility index (Phi) is 4.95. The molecule has 1 aromatic rings. The number of carbonyl (C=O) groups excluding carboxylic acids is 2. The number of halogens is 1. The molecule has 4 nitrogen and oxygen atoms in total. The van der Waals surface area contributed by atoms with Crippen molar-refractivity contribution in [2.24, 2.45) is 0 Å². The van der Waals surface area contributed by atoms with Gasteiger partial charge in [-0.25, -0.2) is 0 Å². The number of hydrogen-bond donors (Lipinski definition) is 1. The minimum Gasteiger partial charge on any atom is -0.329 e. The van der Waals surface area contributed by atoms with Crippen molar-refractivity contribution in [1.82, 2.24) is 4.90 Å². The molecule has 0 aliphatic rings. The highest BCUT2D eigenvalue weighted by Crippen LogP contribution is 2.20. The molecule has 2 amide bonds. The number of rotatable bonds is 3. The summed E-state index contributed by atoms with van der Waals surface area (Å²) in [5, 5.41) is 3.18. The van der Waals surface area contributed by atoms with Gasteiger partial charge in [0.2, 0.25) is 11.8 Å². The van der Waals surface area contributed by atoms with Crippen LogP contribution in [0, 0.1) is 0 Å². The van der Waals surface area contributed by atoms with E-state index in [0.29, 0.717) is 10.7 Å². The number of hydrogen-bond acceptors (Lipinski definition) is 2. The third kappa shape index (κ3) is 4.56. The third-order valence-corrected chi connectivity index (χ3v) is 2.97. The van der Waals surface area contributed by atoms with Gasteiger partial charge in [0.05, 0.1) is 10.7 Å². The van der Waals surface area contributed by atoms with E-state index in [4.69, 9.17) is 11.6 Å². The molecule has 1 rings (SSSR count). The molecule has 1 N–H and O–H groups in total. The van der Waals surface area contributed by atoms with Crippen LogP contribution in [0.15, 0.2) is 24.3 Å². The standard InChI is InChI=1S/C14H19ClN2O2/c1-10(18)17(14(2,3)4)9-13(19)16-12-8-6-5-7-11(12)15/h5-8H,9H2,1-4H3,(H,16,19). The SMILES string of the molecule is CC(=O)N(CC(=O)Nc1ccccc1Cl)C(C)(C)C. The van der Waals surface area contributed by atoms with Crippen LogP contribution in [0.2, 0.25) is 5.02 Å². The van der Waals surface area contributed by atoms with Gasteiger partial charge in [-0.05, 0) is 32.9 Å². The highest BCUT2D eigenvalue weighted by atomic mass is 35.5. The highest BCUT2D eigenvalue weighted by molar-refractivity contribution is 6.33. The number of benzene rings is 1. The maximum Gasteiger partial charge on any atom is 0.244 e. The fraction of sp³-hybridized carbons (Fsp3) is 0.429. The number of carbonyl (C=O) groups is 2. The summed E-state index contributed by atoms with van der Waals surface area (Å²) in [5.41, 5.74) is 0.149. The van der Waals surface area contributed by atoms with Crippen LogP contribution in [0.1, 0.15) is 27.7 Å². The van der Waals surface area contributed by atoms with E-state index in [9.17, 15) is 9.59 Å². The molecule has 0 aliphatic heterocycles. The molecule has 5 heteroatoms. The summed E-state index contributed by atoms with van der Waals surface area (Å²) < 4.78 is 0. The summed E-state index contributed by atoms with van der Waals surface area (Å²) in [4.78, 5) is 25.0. The zero-order chi connectivity index (χ0) is 14.6. The average Bonchev–Trinajstić information content (AvgIpc) is 2.27. The normalized spacial score (nSPS) is 11.0. The predicted octanol–water partition coefficient (Wildman–Crippen LogP) is 2.93. The number of amides is 2. The number of nitrogens with zero attached hydrogens (tertiary/aromatic N) is 1. The van der Waals surface area contributed by atoms with Gasteiger partial charge in [-0.15, -0.1) is 0 Å². The van der Waals surface area contributed by atoms with Gasteiger partial charge in [0, 0.05) is 12.5 Å². The van der Waals surface area contributed by atoms with Crippen LogP contribution in [0.5, 0.6) is 0 Å². The maximum absolute atomic E-state index is 12.0. The van der Waals surface area contributed by atoms with Crippen molar-refractivity contribution in [3.05, 3.63) is 29.3 Å². The van der Waals surface area contributed by atoms with Gasteiger partial charge in [0.15, 0.2) is 0 Å². The fourth-order valence-corrected chi connectivity index (χ4v) is 1.90. The van der Waals surface area contributed by atoms with E-state index in [1.54, 1.807) is 24.3 Å². The molecular formula is C14H19ClN2O2. The third-order valence-electron chi connectivity index (χ3n) is 2.64. The van der Waals surface area contributed by atoms with E-state index in [1.807, 2.05) is 20.8 Å². The molecule has 0 heterocycles. The fourth-order valence-electron chi connectivity index (χ4n) is 1.72. The summed E-state index contributed by atoms with van der Waals surface area (Å²) in [5.74, 6) is -0.403. The van der Waals surface area contributed by atoms with Crippen LogP contribution < -0.4 is 5.32 Å². The first-order chi connectivity index (χ1) is 8.71. The zero-order valence-corrected chi connectivity index (χ0v) is 12.4. The lowest BCUT2D eigenvalue weighted by Gasteiger charge is -2.34. The van der Waals surface area contributed by atoms with E-state index in [0.717, 1.165) is 0 Å². The van der Waals surface area contributed by atoms with Gasteiger partial charge in [0.1, 0.15) is 6.54 Å². The van der Waals surface area contributed by atoms with Crippen molar-refractivity contribution in [3.8, 4) is 0 Å². The molecule has 104 valence electrons. The first kappa shape index (κ1) is 15.5. The summed E-state index contributed by atoms with van der Waals surface area (Å²) in [6.45, 7) is 7.11. The summed E-state index contributed by atoms with van der Waals surface area (Å²) in [7, 11) is 0. The van der Waals surface area contributed by atoms with Crippen molar-refractivity contribution < 1.29 is 9.59 Å². The lowest BCUT2D eigenvalue weighted by atomic mass is 10.1. The average molecular weight is 283 g/mol. The van der Waals surface area contributed by atoms with E-state index in [2.05, 4.69) is 5.32 Å². The molecule has 0 unspecified atom stereocenters. The smallest absolute Gasteiger partial charge is 0.244 e. The van der Waals surface area contributed by atoms with E-state index >= 15 is 0 Å². The Morgan fingerprint density at radius 1 is 1.26 bits per heavy atom. The molecule has 0 atom stereocenters. The van der Waals surface area contributed by atoms with Crippen molar-refractivity contribution in [1.29, 1.82) is 0 Å². The molecule has 0 aromatic heterocycles. The number of nitrogens with one attached hydrogen (secondary N) is 1. The van der Waals surface area contributed by atoms with Crippen LogP contribution in [-0.4, -0.2) is 28.8 Å². The Morgan fingerprint density at radius 3 is 2.32 bits per heavy atom. The molecular weight excluding hydrogens is 264 g/mol. The predicted molar refractivity (Wildman–Crippen MR) is 77.2 cm³/mol. The first-order valence-electron chi connectivity index (χ1n) is 6.04. The van der Waals surface area contributed by atoms with Gasteiger partial charge in [0.25, 0.3) is 0 Å². The number of para-hydroxylation sites is 1. The van der Waals surface area contributed by atoms with E-state index in [1.165, 1.54) is 11.8 Å². The van der Waals surface area contributed by atoms with Crippen molar-refractivity contribution >= 4 is 29.1 Å². The molecule has 0 radical (unpaired) electrons. The van der Waals surface area contributed by atoms with Gasteiger partial charge in [-0.2, -0.15) is 0 Å². The molecule has 0 saturated heterocycles. The topological polar surface area (TPSA) is 49.4 Å². The summed E-state index contributed by atoms with van der Waals surface area (Å²) >= 11 is 5.96. The second-order valence-electron chi connectivity index (χ2n) is 5.30. The molecule has 19 heavy (non-hydrogen) atoms. The second-order valence-corrected chi connectivity index (χ2v) is 5.71. The van der Waals surface area contributed by atoms with Crippen LogP contribution in [0.25, 0.3) is 0 Å². The highest BCUT2D eigenvalue weighted by Gasteiger charge is 2.25.